The molecule has 1 aliphatic rings. The molecule has 1 fully saturated rings. The summed E-state index contributed by atoms with van der Waals surface area (Å²) < 4.78 is 38.1. The smallest absolute Gasteiger partial charge is 0.353 e. The van der Waals surface area contributed by atoms with Crippen molar-refractivity contribution in [2.75, 3.05) is 5.32 Å². The van der Waals surface area contributed by atoms with Gasteiger partial charge in [0.15, 0.2) is 0 Å². The Balaban J connectivity index is 2.09. The summed E-state index contributed by atoms with van der Waals surface area (Å²) in [6.45, 7) is 3.74. The topological polar surface area (TPSA) is 58.2 Å². The van der Waals surface area contributed by atoms with Crippen molar-refractivity contribution in [3.8, 4) is 0 Å². The first-order valence-corrected chi connectivity index (χ1v) is 7.49. The van der Waals surface area contributed by atoms with Crippen molar-refractivity contribution in [2.45, 2.75) is 45.3 Å². The first-order chi connectivity index (χ1) is 10.7. The number of rotatable bonds is 5. The fourth-order valence-electron chi connectivity index (χ4n) is 2.17. The highest BCUT2D eigenvalue weighted by Crippen LogP contribution is 2.47. The number of nitrogens with one attached hydrogen (secondary N) is 2. The number of alkyl halides is 3. The molecule has 0 spiro atoms. The lowest BCUT2D eigenvalue weighted by molar-refractivity contribution is -0.138. The lowest BCUT2D eigenvalue weighted by Gasteiger charge is -2.19. The molecule has 2 rings (SSSR count). The van der Waals surface area contributed by atoms with Crippen molar-refractivity contribution in [2.24, 2.45) is 5.41 Å². The molecule has 4 nitrogen and oxygen atoms in total. The van der Waals surface area contributed by atoms with Crippen LogP contribution < -0.4 is 10.6 Å². The summed E-state index contributed by atoms with van der Waals surface area (Å²) in [6.07, 6.45) is -2.94. The SMILES string of the molecule is CCC(C)NC(=O)C1(C(=O)Nc2cccc(C(F)(F)F)c2)CC1. The van der Waals surface area contributed by atoms with E-state index in [-0.39, 0.29) is 17.6 Å². The van der Waals surface area contributed by atoms with Crippen LogP contribution in [-0.2, 0) is 15.8 Å². The minimum absolute atomic E-state index is 0.0347. The molecule has 1 unspecified atom stereocenters. The van der Waals surface area contributed by atoms with Gasteiger partial charge in [0.2, 0.25) is 11.8 Å². The molecule has 23 heavy (non-hydrogen) atoms. The summed E-state index contributed by atoms with van der Waals surface area (Å²) in [5.41, 5.74) is -1.96. The molecule has 1 aliphatic carbocycles. The molecular weight excluding hydrogens is 309 g/mol. The normalized spacial score (nSPS) is 17.3. The third-order valence-electron chi connectivity index (χ3n) is 4.06. The van der Waals surface area contributed by atoms with Crippen molar-refractivity contribution < 1.29 is 22.8 Å². The molecule has 1 atom stereocenters. The average molecular weight is 328 g/mol. The van der Waals surface area contributed by atoms with Gasteiger partial charge in [-0.3, -0.25) is 9.59 Å². The number of carbonyl (C=O) groups is 2. The van der Waals surface area contributed by atoms with E-state index in [2.05, 4.69) is 10.6 Å². The highest BCUT2D eigenvalue weighted by atomic mass is 19.4. The van der Waals surface area contributed by atoms with Gasteiger partial charge in [-0.05, 0) is 44.4 Å². The van der Waals surface area contributed by atoms with Gasteiger partial charge in [0.25, 0.3) is 0 Å². The molecule has 0 aliphatic heterocycles. The summed E-state index contributed by atoms with van der Waals surface area (Å²) >= 11 is 0. The Bertz CT molecular complexity index is 610. The van der Waals surface area contributed by atoms with E-state index in [1.807, 2.05) is 13.8 Å². The van der Waals surface area contributed by atoms with Gasteiger partial charge < -0.3 is 10.6 Å². The molecule has 0 radical (unpaired) electrons. The van der Waals surface area contributed by atoms with Gasteiger partial charge in [0.1, 0.15) is 5.41 Å². The largest absolute Gasteiger partial charge is 0.416 e. The van der Waals surface area contributed by atoms with Crippen LogP contribution in [0.15, 0.2) is 24.3 Å². The number of hydrogen-bond acceptors (Lipinski definition) is 2. The number of anilines is 1. The first kappa shape index (κ1) is 17.3. The predicted molar refractivity (Wildman–Crippen MR) is 79.6 cm³/mol. The lowest BCUT2D eigenvalue weighted by Crippen LogP contribution is -2.43. The van der Waals surface area contributed by atoms with Crippen LogP contribution in [0.2, 0.25) is 0 Å². The zero-order valence-electron chi connectivity index (χ0n) is 13.0. The zero-order valence-corrected chi connectivity index (χ0v) is 13.0. The van der Waals surface area contributed by atoms with E-state index in [9.17, 15) is 22.8 Å². The average Bonchev–Trinajstić information content (AvgIpc) is 3.28. The molecule has 1 saturated carbocycles. The Hall–Kier alpha value is -2.05. The van der Waals surface area contributed by atoms with Crippen LogP contribution in [0.4, 0.5) is 18.9 Å². The maximum Gasteiger partial charge on any atom is 0.416 e. The number of hydrogen-bond donors (Lipinski definition) is 2. The Morgan fingerprint density at radius 3 is 2.43 bits per heavy atom. The Morgan fingerprint density at radius 1 is 1.26 bits per heavy atom. The van der Waals surface area contributed by atoms with Crippen molar-refractivity contribution >= 4 is 17.5 Å². The van der Waals surface area contributed by atoms with Gasteiger partial charge in [0, 0.05) is 11.7 Å². The number of amides is 2. The van der Waals surface area contributed by atoms with Gasteiger partial charge in [-0.15, -0.1) is 0 Å². The van der Waals surface area contributed by atoms with E-state index >= 15 is 0 Å². The van der Waals surface area contributed by atoms with E-state index in [0.29, 0.717) is 12.8 Å². The Kier molecular flexibility index (Phi) is 4.68. The van der Waals surface area contributed by atoms with Crippen molar-refractivity contribution in [1.29, 1.82) is 0 Å². The molecule has 2 N–H and O–H groups in total. The molecule has 1 aromatic rings. The van der Waals surface area contributed by atoms with Gasteiger partial charge in [-0.1, -0.05) is 13.0 Å². The minimum atomic E-state index is -4.48. The van der Waals surface area contributed by atoms with Crippen LogP contribution in [0, 0.1) is 5.41 Å². The van der Waals surface area contributed by atoms with E-state index in [1.54, 1.807) is 0 Å². The zero-order chi connectivity index (χ0) is 17.3. The molecule has 2 amide bonds. The Morgan fingerprint density at radius 2 is 1.91 bits per heavy atom. The lowest BCUT2D eigenvalue weighted by atomic mass is 10.0. The summed E-state index contributed by atoms with van der Waals surface area (Å²) in [5.74, 6) is -0.922. The molecule has 0 aromatic heterocycles. The number of benzene rings is 1. The van der Waals surface area contributed by atoms with Crippen molar-refractivity contribution in [3.63, 3.8) is 0 Å². The van der Waals surface area contributed by atoms with Gasteiger partial charge in [-0.25, -0.2) is 0 Å². The second-order valence-electron chi connectivity index (χ2n) is 5.90. The summed E-state index contributed by atoms with van der Waals surface area (Å²) in [4.78, 5) is 24.5. The fraction of sp³-hybridized carbons (Fsp3) is 0.500. The predicted octanol–water partition coefficient (Wildman–Crippen LogP) is 3.34. The van der Waals surface area contributed by atoms with Crippen LogP contribution in [0.1, 0.15) is 38.7 Å². The van der Waals surface area contributed by atoms with Gasteiger partial charge in [-0.2, -0.15) is 13.2 Å². The maximum atomic E-state index is 12.7. The third-order valence-corrected chi connectivity index (χ3v) is 4.06. The molecule has 126 valence electrons. The monoisotopic (exact) mass is 328 g/mol. The molecular formula is C16H19F3N2O2. The van der Waals surface area contributed by atoms with Crippen LogP contribution in [0.5, 0.6) is 0 Å². The van der Waals surface area contributed by atoms with Crippen LogP contribution in [-0.4, -0.2) is 17.9 Å². The Labute approximate surface area is 132 Å². The molecule has 0 heterocycles. The van der Waals surface area contributed by atoms with Gasteiger partial charge >= 0.3 is 6.18 Å². The van der Waals surface area contributed by atoms with Gasteiger partial charge in [0.05, 0.1) is 5.56 Å². The van der Waals surface area contributed by atoms with Crippen LogP contribution >= 0.6 is 0 Å². The highest BCUT2D eigenvalue weighted by Gasteiger charge is 2.56. The van der Waals surface area contributed by atoms with E-state index < -0.39 is 23.1 Å². The molecule has 7 heteroatoms. The molecule has 0 bridgehead atoms. The summed E-state index contributed by atoms with van der Waals surface area (Å²) in [7, 11) is 0. The van der Waals surface area contributed by atoms with Crippen molar-refractivity contribution in [3.05, 3.63) is 29.8 Å². The number of carbonyl (C=O) groups excluding carboxylic acids is 2. The van der Waals surface area contributed by atoms with E-state index in [0.717, 1.165) is 18.6 Å². The fourth-order valence-corrected chi connectivity index (χ4v) is 2.17. The quantitative estimate of drug-likeness (QED) is 0.815. The van der Waals surface area contributed by atoms with E-state index in [1.165, 1.54) is 12.1 Å². The second-order valence-corrected chi connectivity index (χ2v) is 5.90. The highest BCUT2D eigenvalue weighted by molar-refractivity contribution is 6.13. The minimum Gasteiger partial charge on any atom is -0.353 e. The first-order valence-electron chi connectivity index (χ1n) is 7.49. The van der Waals surface area contributed by atoms with E-state index in [4.69, 9.17) is 0 Å². The maximum absolute atomic E-state index is 12.7. The standard InChI is InChI=1S/C16H19F3N2O2/c1-3-10(2)20-13(22)15(7-8-15)14(23)21-12-6-4-5-11(9-12)16(17,18)19/h4-6,9-10H,3,7-8H2,1-2H3,(H,20,22)(H,21,23). The van der Waals surface area contributed by atoms with Crippen molar-refractivity contribution in [1.82, 2.24) is 5.32 Å². The van der Waals surface area contributed by atoms with Crippen LogP contribution in [0.25, 0.3) is 0 Å². The second kappa shape index (κ2) is 6.22. The third kappa shape index (κ3) is 3.83. The number of halogens is 3. The molecule has 0 saturated heterocycles. The molecule has 1 aromatic carbocycles. The summed E-state index contributed by atoms with van der Waals surface area (Å²) in [5, 5.41) is 5.18. The van der Waals surface area contributed by atoms with Crippen LogP contribution in [0.3, 0.4) is 0 Å². The summed E-state index contributed by atoms with van der Waals surface area (Å²) in [6, 6.07) is 4.33.